The number of ether oxygens (including phenoxy) is 1. The minimum atomic E-state index is -0.682. The van der Waals surface area contributed by atoms with E-state index in [1.54, 1.807) is 60.8 Å². The van der Waals surface area contributed by atoms with E-state index in [2.05, 4.69) is 10.3 Å². The molecule has 0 saturated carbocycles. The van der Waals surface area contributed by atoms with Crippen molar-refractivity contribution in [3.63, 3.8) is 0 Å². The second-order valence-corrected chi connectivity index (χ2v) is 6.36. The molecule has 1 heterocycles. The van der Waals surface area contributed by atoms with Gasteiger partial charge >= 0.3 is 0 Å². The molecule has 3 N–H and O–H groups in total. The molecule has 8 nitrogen and oxygen atoms in total. The van der Waals surface area contributed by atoms with Crippen molar-refractivity contribution in [2.45, 2.75) is 6.54 Å². The molecule has 2 amide bonds. The van der Waals surface area contributed by atoms with Gasteiger partial charge in [0.15, 0.2) is 0 Å². The minimum absolute atomic E-state index is 0.161. The number of hydrogen-bond donors (Lipinski definition) is 2. The molecule has 0 aliphatic carbocycles. The number of aldehydes is 1. The van der Waals surface area contributed by atoms with Gasteiger partial charge in [-0.2, -0.15) is 0 Å². The molecule has 0 saturated heterocycles. The average molecular weight is 404 g/mol. The molecular weight excluding hydrogens is 384 g/mol. The summed E-state index contributed by atoms with van der Waals surface area (Å²) >= 11 is 0. The van der Waals surface area contributed by atoms with Gasteiger partial charge in [-0.25, -0.2) is 0 Å². The standard InChI is InChI=1S/C22H20N4O4/c1-30-18-8-9-19(23)20(11-18)25-22(29)16-6-4-15(5-7-16)13-26(21(28)14-27)17-3-2-10-24-12-17/h2-12,14H,13,23H2,1H3,(H,25,29). The molecule has 3 aromatic rings. The van der Waals surface area contributed by atoms with Crippen LogP contribution in [0.1, 0.15) is 15.9 Å². The van der Waals surface area contributed by atoms with Gasteiger partial charge in [-0.3, -0.25) is 19.4 Å². The first-order valence-electron chi connectivity index (χ1n) is 9.02. The maximum atomic E-state index is 12.5. The van der Waals surface area contributed by atoms with Gasteiger partial charge in [0.25, 0.3) is 11.8 Å². The molecule has 0 spiro atoms. The molecule has 30 heavy (non-hydrogen) atoms. The topological polar surface area (TPSA) is 115 Å². The van der Waals surface area contributed by atoms with E-state index in [9.17, 15) is 14.4 Å². The van der Waals surface area contributed by atoms with Crippen LogP contribution >= 0.6 is 0 Å². The molecule has 0 fully saturated rings. The van der Waals surface area contributed by atoms with Crippen molar-refractivity contribution < 1.29 is 19.1 Å². The molecule has 0 aliphatic heterocycles. The molecular formula is C22H20N4O4. The molecule has 1 aromatic heterocycles. The number of hydrogen-bond acceptors (Lipinski definition) is 6. The predicted molar refractivity (Wildman–Crippen MR) is 113 cm³/mol. The monoisotopic (exact) mass is 404 g/mol. The highest BCUT2D eigenvalue weighted by Gasteiger charge is 2.16. The summed E-state index contributed by atoms with van der Waals surface area (Å²) in [5.41, 5.74) is 8.43. The maximum absolute atomic E-state index is 12.5. The fourth-order valence-corrected chi connectivity index (χ4v) is 2.78. The molecule has 0 unspecified atom stereocenters. The number of nitrogens with two attached hydrogens (primary N) is 1. The van der Waals surface area contributed by atoms with Crippen molar-refractivity contribution >= 4 is 35.2 Å². The summed E-state index contributed by atoms with van der Waals surface area (Å²) in [5, 5.41) is 2.75. The highest BCUT2D eigenvalue weighted by molar-refractivity contribution is 6.30. The first-order valence-corrected chi connectivity index (χ1v) is 9.02. The van der Waals surface area contributed by atoms with Crippen LogP contribution in [-0.2, 0) is 16.1 Å². The number of nitrogens with one attached hydrogen (secondary N) is 1. The van der Waals surface area contributed by atoms with E-state index in [-0.39, 0.29) is 18.7 Å². The number of nitrogen functional groups attached to an aromatic ring is 1. The van der Waals surface area contributed by atoms with E-state index < -0.39 is 5.91 Å². The van der Waals surface area contributed by atoms with Crippen molar-refractivity contribution in [1.82, 2.24) is 4.98 Å². The largest absolute Gasteiger partial charge is 0.497 e. The summed E-state index contributed by atoms with van der Waals surface area (Å²) in [7, 11) is 1.53. The number of nitrogens with zero attached hydrogens (tertiary/aromatic N) is 2. The second-order valence-electron chi connectivity index (χ2n) is 6.36. The quantitative estimate of drug-likeness (QED) is 0.355. The van der Waals surface area contributed by atoms with Gasteiger partial charge in [-0.1, -0.05) is 12.1 Å². The molecule has 2 aromatic carbocycles. The molecule has 0 radical (unpaired) electrons. The van der Waals surface area contributed by atoms with Crippen molar-refractivity contribution in [1.29, 1.82) is 0 Å². The van der Waals surface area contributed by atoms with Crippen molar-refractivity contribution in [2.24, 2.45) is 0 Å². The van der Waals surface area contributed by atoms with Gasteiger partial charge in [0, 0.05) is 17.8 Å². The first-order chi connectivity index (χ1) is 14.5. The van der Waals surface area contributed by atoms with Gasteiger partial charge in [-0.05, 0) is 42.0 Å². The lowest BCUT2D eigenvalue weighted by molar-refractivity contribution is -0.129. The summed E-state index contributed by atoms with van der Waals surface area (Å²) in [6.07, 6.45) is 3.34. The Morgan fingerprint density at radius 2 is 1.93 bits per heavy atom. The van der Waals surface area contributed by atoms with Crippen LogP contribution in [0.15, 0.2) is 67.0 Å². The van der Waals surface area contributed by atoms with Crippen LogP contribution in [-0.4, -0.2) is 30.2 Å². The number of carbonyl (C=O) groups excluding carboxylic acids is 3. The number of benzene rings is 2. The first kappa shape index (κ1) is 20.5. The van der Waals surface area contributed by atoms with Crippen molar-refractivity contribution in [3.8, 4) is 5.75 Å². The van der Waals surface area contributed by atoms with E-state index in [0.717, 1.165) is 5.56 Å². The average Bonchev–Trinajstić information content (AvgIpc) is 2.79. The van der Waals surface area contributed by atoms with E-state index in [4.69, 9.17) is 10.5 Å². The Morgan fingerprint density at radius 1 is 1.17 bits per heavy atom. The zero-order valence-electron chi connectivity index (χ0n) is 16.2. The lowest BCUT2D eigenvalue weighted by atomic mass is 10.1. The number of methoxy groups -OCH3 is 1. The lowest BCUT2D eigenvalue weighted by Crippen LogP contribution is -2.31. The molecule has 152 valence electrons. The van der Waals surface area contributed by atoms with Crippen LogP contribution in [0.4, 0.5) is 17.1 Å². The molecule has 8 heteroatoms. The fraction of sp³-hybridized carbons (Fsp3) is 0.0909. The van der Waals surface area contributed by atoms with Crippen LogP contribution in [0.5, 0.6) is 5.75 Å². The van der Waals surface area contributed by atoms with Gasteiger partial charge in [0.1, 0.15) is 5.75 Å². The SMILES string of the molecule is COc1ccc(N)c(NC(=O)c2ccc(CN(C(=O)C=O)c3cccnc3)cc2)c1. The fourth-order valence-electron chi connectivity index (χ4n) is 2.78. The van der Waals surface area contributed by atoms with Crippen molar-refractivity contribution in [3.05, 3.63) is 78.1 Å². The molecule has 0 atom stereocenters. The second kappa shape index (κ2) is 9.33. The lowest BCUT2D eigenvalue weighted by Gasteiger charge is -2.20. The van der Waals surface area contributed by atoms with Crippen LogP contribution in [0.25, 0.3) is 0 Å². The number of rotatable bonds is 7. The van der Waals surface area contributed by atoms with Gasteiger partial charge in [0.05, 0.1) is 36.9 Å². The third-order valence-electron chi connectivity index (χ3n) is 4.39. The smallest absolute Gasteiger partial charge is 0.291 e. The zero-order chi connectivity index (χ0) is 21.5. The van der Waals surface area contributed by atoms with E-state index in [1.165, 1.54) is 18.2 Å². The predicted octanol–water partition coefficient (Wildman–Crippen LogP) is 2.66. The number of anilines is 3. The Hall–Kier alpha value is -4.20. The number of pyridine rings is 1. The third-order valence-corrected chi connectivity index (χ3v) is 4.39. The number of aromatic nitrogens is 1. The molecule has 0 aliphatic rings. The van der Waals surface area contributed by atoms with Gasteiger partial charge in [-0.15, -0.1) is 0 Å². The van der Waals surface area contributed by atoms with Gasteiger partial charge in [0.2, 0.25) is 6.29 Å². The van der Waals surface area contributed by atoms with Crippen LogP contribution < -0.4 is 20.7 Å². The highest BCUT2D eigenvalue weighted by Crippen LogP contribution is 2.25. The third kappa shape index (κ3) is 4.79. The van der Waals surface area contributed by atoms with Crippen LogP contribution in [0.3, 0.4) is 0 Å². The zero-order valence-corrected chi connectivity index (χ0v) is 16.2. The van der Waals surface area contributed by atoms with E-state index >= 15 is 0 Å². The Labute approximate surface area is 173 Å². The Kier molecular flexibility index (Phi) is 6.39. The summed E-state index contributed by atoms with van der Waals surface area (Å²) in [5.74, 6) is -0.446. The Bertz CT molecular complexity index is 1050. The van der Waals surface area contributed by atoms with Gasteiger partial charge < -0.3 is 20.7 Å². The summed E-state index contributed by atoms with van der Waals surface area (Å²) in [6, 6.07) is 15.0. The molecule has 0 bridgehead atoms. The number of amides is 2. The highest BCUT2D eigenvalue weighted by atomic mass is 16.5. The summed E-state index contributed by atoms with van der Waals surface area (Å²) in [4.78, 5) is 40.9. The Morgan fingerprint density at radius 3 is 2.57 bits per heavy atom. The minimum Gasteiger partial charge on any atom is -0.497 e. The normalized spacial score (nSPS) is 10.2. The maximum Gasteiger partial charge on any atom is 0.291 e. The number of carbonyl (C=O) groups is 3. The van der Waals surface area contributed by atoms with E-state index in [0.29, 0.717) is 28.4 Å². The molecule has 3 rings (SSSR count). The van der Waals surface area contributed by atoms with Crippen LogP contribution in [0, 0.1) is 0 Å². The van der Waals surface area contributed by atoms with Crippen LogP contribution in [0.2, 0.25) is 0 Å². The Balaban J connectivity index is 1.74. The summed E-state index contributed by atoms with van der Waals surface area (Å²) < 4.78 is 5.15. The van der Waals surface area contributed by atoms with E-state index in [1.807, 2.05) is 0 Å². The summed E-state index contributed by atoms with van der Waals surface area (Å²) in [6.45, 7) is 0.161. The van der Waals surface area contributed by atoms with Crippen molar-refractivity contribution in [2.75, 3.05) is 23.1 Å².